The molecule has 3 N–H and O–H groups in total. The Kier molecular flexibility index (Phi) is 6.66. The van der Waals surface area contributed by atoms with Gasteiger partial charge in [-0.15, -0.1) is 12.4 Å². The van der Waals surface area contributed by atoms with Crippen LogP contribution >= 0.6 is 24.0 Å². The number of benzene rings is 1. The Hall–Kier alpha value is -1.30. The SMILES string of the molecule is CC(N)C(C)C(=O)NC1CCN(c2cccc(Cl)c2)C1=O.Cl. The second-order valence-electron chi connectivity index (χ2n) is 5.47. The quantitative estimate of drug-likeness (QED) is 0.875. The minimum atomic E-state index is -0.488. The molecule has 0 bridgehead atoms. The van der Waals surface area contributed by atoms with E-state index >= 15 is 0 Å². The number of hydrogen-bond donors (Lipinski definition) is 2. The standard InChI is InChI=1S/C15H20ClN3O2.ClH/c1-9(10(2)17)14(20)18-13-6-7-19(15(13)21)12-5-3-4-11(16)8-12;/h3-5,8-10,13H,6-7,17H2,1-2H3,(H,18,20);1H. The van der Waals surface area contributed by atoms with Crippen molar-refractivity contribution >= 4 is 41.5 Å². The van der Waals surface area contributed by atoms with Gasteiger partial charge in [0.15, 0.2) is 0 Å². The highest BCUT2D eigenvalue weighted by atomic mass is 35.5. The van der Waals surface area contributed by atoms with Crippen molar-refractivity contribution in [3.8, 4) is 0 Å². The maximum absolute atomic E-state index is 12.4. The molecule has 7 heteroatoms. The van der Waals surface area contributed by atoms with Gasteiger partial charge >= 0.3 is 0 Å². The van der Waals surface area contributed by atoms with Crippen molar-refractivity contribution in [1.82, 2.24) is 5.32 Å². The van der Waals surface area contributed by atoms with Crippen molar-refractivity contribution in [1.29, 1.82) is 0 Å². The fourth-order valence-electron chi connectivity index (χ4n) is 2.26. The number of anilines is 1. The Morgan fingerprint density at radius 3 is 2.73 bits per heavy atom. The van der Waals surface area contributed by atoms with E-state index in [1.807, 2.05) is 6.07 Å². The Labute approximate surface area is 141 Å². The lowest BCUT2D eigenvalue weighted by Gasteiger charge is -2.20. The summed E-state index contributed by atoms with van der Waals surface area (Å²) in [6.07, 6.45) is 0.586. The minimum absolute atomic E-state index is 0. The summed E-state index contributed by atoms with van der Waals surface area (Å²) in [6.45, 7) is 4.10. The molecule has 0 aromatic heterocycles. The molecule has 122 valence electrons. The predicted molar refractivity (Wildman–Crippen MR) is 90.4 cm³/mol. The van der Waals surface area contributed by atoms with Gasteiger partial charge in [0.1, 0.15) is 6.04 Å². The van der Waals surface area contributed by atoms with Crippen molar-refractivity contribution in [3.05, 3.63) is 29.3 Å². The Morgan fingerprint density at radius 2 is 2.14 bits per heavy atom. The van der Waals surface area contributed by atoms with Crippen LogP contribution in [0.3, 0.4) is 0 Å². The van der Waals surface area contributed by atoms with Crippen LogP contribution in [-0.2, 0) is 9.59 Å². The summed E-state index contributed by atoms with van der Waals surface area (Å²) in [5.41, 5.74) is 6.46. The molecule has 1 aliphatic rings. The van der Waals surface area contributed by atoms with Gasteiger partial charge in [-0.25, -0.2) is 0 Å². The van der Waals surface area contributed by atoms with Crippen LogP contribution in [-0.4, -0.2) is 30.4 Å². The van der Waals surface area contributed by atoms with Crippen LogP contribution in [0.4, 0.5) is 5.69 Å². The smallest absolute Gasteiger partial charge is 0.249 e. The van der Waals surface area contributed by atoms with Gasteiger partial charge in [-0.2, -0.15) is 0 Å². The third-order valence-corrected chi connectivity index (χ3v) is 4.08. The van der Waals surface area contributed by atoms with Gasteiger partial charge in [0.2, 0.25) is 11.8 Å². The molecule has 3 atom stereocenters. The van der Waals surface area contributed by atoms with Crippen LogP contribution in [0.15, 0.2) is 24.3 Å². The zero-order valence-corrected chi connectivity index (χ0v) is 14.2. The van der Waals surface area contributed by atoms with E-state index in [2.05, 4.69) is 5.32 Å². The summed E-state index contributed by atoms with van der Waals surface area (Å²) >= 11 is 5.95. The molecule has 0 aliphatic carbocycles. The van der Waals surface area contributed by atoms with Gasteiger partial charge < -0.3 is 16.0 Å². The van der Waals surface area contributed by atoms with E-state index in [0.29, 0.717) is 18.0 Å². The molecule has 1 aromatic rings. The zero-order chi connectivity index (χ0) is 15.6. The number of nitrogens with one attached hydrogen (secondary N) is 1. The average Bonchev–Trinajstić information content (AvgIpc) is 2.79. The van der Waals surface area contributed by atoms with E-state index < -0.39 is 6.04 Å². The lowest BCUT2D eigenvalue weighted by molar-refractivity contribution is -0.129. The highest BCUT2D eigenvalue weighted by molar-refractivity contribution is 6.31. The largest absolute Gasteiger partial charge is 0.344 e. The number of carbonyl (C=O) groups excluding carboxylic acids is 2. The molecule has 0 saturated carbocycles. The maximum Gasteiger partial charge on any atom is 0.249 e. The maximum atomic E-state index is 12.4. The highest BCUT2D eigenvalue weighted by Crippen LogP contribution is 2.24. The molecule has 1 aliphatic heterocycles. The van der Waals surface area contributed by atoms with E-state index in [0.717, 1.165) is 5.69 Å². The fourth-order valence-corrected chi connectivity index (χ4v) is 2.44. The number of rotatable bonds is 4. The van der Waals surface area contributed by atoms with Crippen molar-refractivity contribution in [2.75, 3.05) is 11.4 Å². The van der Waals surface area contributed by atoms with Crippen LogP contribution in [0.5, 0.6) is 0 Å². The molecular formula is C15H21Cl2N3O2. The monoisotopic (exact) mass is 345 g/mol. The molecule has 1 fully saturated rings. The van der Waals surface area contributed by atoms with Crippen molar-refractivity contribution < 1.29 is 9.59 Å². The number of amides is 2. The average molecular weight is 346 g/mol. The van der Waals surface area contributed by atoms with Gasteiger partial charge in [-0.3, -0.25) is 9.59 Å². The molecule has 0 radical (unpaired) electrons. The molecule has 2 amide bonds. The third-order valence-electron chi connectivity index (χ3n) is 3.84. The molecule has 22 heavy (non-hydrogen) atoms. The van der Waals surface area contributed by atoms with E-state index in [1.165, 1.54) is 0 Å². The summed E-state index contributed by atoms with van der Waals surface area (Å²) in [5, 5.41) is 3.36. The first-order chi connectivity index (χ1) is 9.90. The van der Waals surface area contributed by atoms with Crippen LogP contribution in [0, 0.1) is 5.92 Å². The summed E-state index contributed by atoms with van der Waals surface area (Å²) in [7, 11) is 0. The first-order valence-corrected chi connectivity index (χ1v) is 7.41. The van der Waals surface area contributed by atoms with Crippen molar-refractivity contribution in [3.63, 3.8) is 0 Å². The van der Waals surface area contributed by atoms with Crippen LogP contribution in [0.2, 0.25) is 5.02 Å². The van der Waals surface area contributed by atoms with E-state index in [9.17, 15) is 9.59 Å². The summed E-state index contributed by atoms with van der Waals surface area (Å²) in [6, 6.07) is 6.40. The summed E-state index contributed by atoms with van der Waals surface area (Å²) < 4.78 is 0. The van der Waals surface area contributed by atoms with Gasteiger partial charge in [-0.05, 0) is 31.5 Å². The third kappa shape index (κ3) is 4.12. The predicted octanol–water partition coefficient (Wildman–Crippen LogP) is 1.97. The number of nitrogens with zero attached hydrogens (tertiary/aromatic N) is 1. The topological polar surface area (TPSA) is 75.4 Å². The molecule has 5 nitrogen and oxygen atoms in total. The van der Waals surface area contributed by atoms with Crippen LogP contribution in [0.25, 0.3) is 0 Å². The molecule has 0 spiro atoms. The molecule has 1 saturated heterocycles. The zero-order valence-electron chi connectivity index (χ0n) is 12.6. The Morgan fingerprint density at radius 1 is 1.45 bits per heavy atom. The second-order valence-corrected chi connectivity index (χ2v) is 5.90. The molecule has 2 rings (SSSR count). The van der Waals surface area contributed by atoms with Crippen LogP contribution in [0.1, 0.15) is 20.3 Å². The number of halogens is 2. The summed E-state index contributed by atoms with van der Waals surface area (Å²) in [5.74, 6) is -0.614. The minimum Gasteiger partial charge on any atom is -0.344 e. The van der Waals surface area contributed by atoms with Crippen LogP contribution < -0.4 is 16.0 Å². The lowest BCUT2D eigenvalue weighted by Crippen LogP contribution is -2.46. The van der Waals surface area contributed by atoms with E-state index in [-0.39, 0.29) is 36.2 Å². The second kappa shape index (κ2) is 7.81. The molecule has 1 heterocycles. The Balaban J connectivity index is 0.00000242. The fraction of sp³-hybridized carbons (Fsp3) is 0.467. The molecule has 1 aromatic carbocycles. The van der Waals surface area contributed by atoms with Gasteiger partial charge in [0, 0.05) is 29.2 Å². The normalized spacial score (nSPS) is 20.3. The molecular weight excluding hydrogens is 325 g/mol. The molecule has 3 unspecified atom stereocenters. The number of nitrogens with two attached hydrogens (primary N) is 1. The van der Waals surface area contributed by atoms with Gasteiger partial charge in [0.05, 0.1) is 0 Å². The number of hydrogen-bond acceptors (Lipinski definition) is 3. The van der Waals surface area contributed by atoms with Gasteiger partial charge in [0.25, 0.3) is 0 Å². The summed E-state index contributed by atoms with van der Waals surface area (Å²) in [4.78, 5) is 26.0. The van der Waals surface area contributed by atoms with Gasteiger partial charge in [-0.1, -0.05) is 24.6 Å². The van der Waals surface area contributed by atoms with E-state index in [1.54, 1.807) is 36.9 Å². The Bertz CT molecular complexity index is 551. The van der Waals surface area contributed by atoms with E-state index in [4.69, 9.17) is 17.3 Å². The lowest BCUT2D eigenvalue weighted by atomic mass is 10.0. The van der Waals surface area contributed by atoms with Crippen molar-refractivity contribution in [2.45, 2.75) is 32.4 Å². The number of carbonyl (C=O) groups is 2. The first-order valence-electron chi connectivity index (χ1n) is 7.03. The van der Waals surface area contributed by atoms with Crippen molar-refractivity contribution in [2.24, 2.45) is 11.7 Å². The highest BCUT2D eigenvalue weighted by Gasteiger charge is 2.34. The first kappa shape index (κ1) is 18.7.